The Bertz CT molecular complexity index is 1150. The van der Waals surface area contributed by atoms with Crippen LogP contribution in [-0.4, -0.2) is 34.1 Å². The topological polar surface area (TPSA) is 81.6 Å². The second-order valence-corrected chi connectivity index (χ2v) is 7.40. The van der Waals surface area contributed by atoms with Gasteiger partial charge in [0.05, 0.1) is 11.8 Å². The van der Waals surface area contributed by atoms with Crippen molar-refractivity contribution in [3.05, 3.63) is 84.4 Å². The maximum Gasteiger partial charge on any atom is 0.283 e. The summed E-state index contributed by atoms with van der Waals surface area (Å²) in [6.45, 7) is 1.23. The first-order valence-corrected chi connectivity index (χ1v) is 10.3. The number of para-hydroxylation sites is 2. The number of carbonyl (C=O) groups excluding carboxylic acids is 1. The predicted octanol–water partition coefficient (Wildman–Crippen LogP) is 5.14. The minimum Gasteiger partial charge on any atom is -0.459 e. The van der Waals surface area contributed by atoms with Gasteiger partial charge in [-0.15, -0.1) is 10.2 Å². The second-order valence-electron chi connectivity index (χ2n) is 7.40. The lowest BCUT2D eigenvalue weighted by molar-refractivity contribution is 0.0704. The van der Waals surface area contributed by atoms with Crippen molar-refractivity contribution in [3.63, 3.8) is 0 Å². The van der Waals surface area contributed by atoms with Crippen molar-refractivity contribution >= 4 is 5.91 Å². The number of benzene rings is 2. The van der Waals surface area contributed by atoms with E-state index in [2.05, 4.69) is 10.2 Å². The lowest BCUT2D eigenvalue weighted by atomic mass is 9.96. The van der Waals surface area contributed by atoms with E-state index in [-0.39, 0.29) is 11.8 Å². The number of rotatable bonds is 5. The lowest BCUT2D eigenvalue weighted by Gasteiger charge is -2.30. The van der Waals surface area contributed by atoms with Crippen LogP contribution < -0.4 is 4.74 Å². The summed E-state index contributed by atoms with van der Waals surface area (Å²) in [6.07, 6.45) is 3.09. The number of ether oxygens (including phenoxy) is 1. The van der Waals surface area contributed by atoms with Crippen LogP contribution in [0.25, 0.3) is 11.7 Å². The van der Waals surface area contributed by atoms with Gasteiger partial charge in [-0.25, -0.2) is 0 Å². The van der Waals surface area contributed by atoms with Crippen molar-refractivity contribution in [2.24, 2.45) is 0 Å². The summed E-state index contributed by atoms with van der Waals surface area (Å²) in [5.74, 6) is 2.87. The molecule has 0 spiro atoms. The number of amides is 1. The molecule has 1 aliphatic rings. The number of carbonyl (C=O) groups is 1. The third-order valence-corrected chi connectivity index (χ3v) is 5.39. The fraction of sp³-hybridized carbons (Fsp3) is 0.208. The predicted molar refractivity (Wildman–Crippen MR) is 113 cm³/mol. The SMILES string of the molecule is O=C(c1ccccc1Oc1ccccc1)N1CCC(c2nnc(-c3ccco3)o2)CC1. The fourth-order valence-electron chi connectivity index (χ4n) is 3.75. The molecular formula is C24H21N3O4. The third kappa shape index (κ3) is 4.07. The number of piperidine rings is 1. The Morgan fingerprint density at radius 1 is 0.935 bits per heavy atom. The summed E-state index contributed by atoms with van der Waals surface area (Å²) in [4.78, 5) is 15.1. The molecule has 0 aliphatic carbocycles. The van der Waals surface area contributed by atoms with Crippen LogP contribution in [-0.2, 0) is 0 Å². The van der Waals surface area contributed by atoms with Crippen LogP contribution in [0.4, 0.5) is 0 Å². The molecule has 1 saturated heterocycles. The second kappa shape index (κ2) is 8.47. The van der Waals surface area contributed by atoms with E-state index in [4.69, 9.17) is 13.6 Å². The van der Waals surface area contributed by atoms with Crippen molar-refractivity contribution in [1.82, 2.24) is 15.1 Å². The summed E-state index contributed by atoms with van der Waals surface area (Å²) in [7, 11) is 0. The van der Waals surface area contributed by atoms with Gasteiger partial charge < -0.3 is 18.5 Å². The number of hydrogen-bond donors (Lipinski definition) is 0. The standard InChI is InChI=1S/C24H21N3O4/c28-24(19-9-4-5-10-20(19)30-18-7-2-1-3-8-18)27-14-12-17(13-15-27)22-25-26-23(31-22)21-11-6-16-29-21/h1-11,16-17H,12-15H2. The number of furan rings is 1. The minimum atomic E-state index is -0.0354. The van der Waals surface area contributed by atoms with E-state index in [1.807, 2.05) is 53.4 Å². The molecule has 0 atom stereocenters. The Morgan fingerprint density at radius 2 is 1.71 bits per heavy atom. The van der Waals surface area contributed by atoms with E-state index in [1.165, 1.54) is 0 Å². The van der Waals surface area contributed by atoms with Crippen molar-refractivity contribution in [3.8, 4) is 23.1 Å². The molecular weight excluding hydrogens is 394 g/mol. The molecule has 0 unspecified atom stereocenters. The number of hydrogen-bond acceptors (Lipinski definition) is 6. The van der Waals surface area contributed by atoms with Crippen LogP contribution in [0.3, 0.4) is 0 Å². The van der Waals surface area contributed by atoms with Gasteiger partial charge in [0.1, 0.15) is 11.5 Å². The summed E-state index contributed by atoms with van der Waals surface area (Å²) in [6, 6.07) is 20.4. The van der Waals surface area contributed by atoms with Crippen LogP contribution in [0.15, 0.2) is 81.8 Å². The Labute approximate surface area is 179 Å². The number of aromatic nitrogens is 2. The molecule has 156 valence electrons. The molecule has 0 bridgehead atoms. The molecule has 4 aromatic rings. The van der Waals surface area contributed by atoms with Gasteiger partial charge >= 0.3 is 0 Å². The van der Waals surface area contributed by atoms with Crippen LogP contribution in [0.1, 0.15) is 35.0 Å². The highest BCUT2D eigenvalue weighted by Gasteiger charge is 2.29. The molecule has 1 fully saturated rings. The molecule has 7 heteroatoms. The molecule has 1 aliphatic heterocycles. The molecule has 5 rings (SSSR count). The summed E-state index contributed by atoms with van der Waals surface area (Å²) < 4.78 is 17.1. The van der Waals surface area contributed by atoms with Crippen molar-refractivity contribution in [2.75, 3.05) is 13.1 Å². The van der Waals surface area contributed by atoms with Gasteiger partial charge in [0.15, 0.2) is 5.76 Å². The highest BCUT2D eigenvalue weighted by atomic mass is 16.5. The lowest BCUT2D eigenvalue weighted by Crippen LogP contribution is -2.38. The zero-order chi connectivity index (χ0) is 21.0. The monoisotopic (exact) mass is 415 g/mol. The average molecular weight is 415 g/mol. The molecule has 0 radical (unpaired) electrons. The highest BCUT2D eigenvalue weighted by Crippen LogP contribution is 2.32. The van der Waals surface area contributed by atoms with Crippen molar-refractivity contribution in [2.45, 2.75) is 18.8 Å². The average Bonchev–Trinajstić information content (AvgIpc) is 3.52. The maximum atomic E-state index is 13.2. The molecule has 31 heavy (non-hydrogen) atoms. The van der Waals surface area contributed by atoms with Crippen molar-refractivity contribution in [1.29, 1.82) is 0 Å². The number of likely N-dealkylation sites (tertiary alicyclic amines) is 1. The van der Waals surface area contributed by atoms with Crippen molar-refractivity contribution < 1.29 is 18.4 Å². The summed E-state index contributed by atoms with van der Waals surface area (Å²) >= 11 is 0. The zero-order valence-electron chi connectivity index (χ0n) is 16.8. The van der Waals surface area contributed by atoms with Gasteiger partial charge in [0, 0.05) is 19.0 Å². The van der Waals surface area contributed by atoms with E-state index in [0.29, 0.717) is 47.7 Å². The Morgan fingerprint density at radius 3 is 2.48 bits per heavy atom. The van der Waals surface area contributed by atoms with Crippen LogP contribution >= 0.6 is 0 Å². The van der Waals surface area contributed by atoms with E-state index in [9.17, 15) is 4.79 Å². The molecule has 0 saturated carbocycles. The fourth-order valence-corrected chi connectivity index (χ4v) is 3.75. The first-order chi connectivity index (χ1) is 15.3. The maximum absolute atomic E-state index is 13.2. The van der Waals surface area contributed by atoms with E-state index < -0.39 is 0 Å². The smallest absolute Gasteiger partial charge is 0.283 e. The molecule has 3 heterocycles. The Kier molecular flexibility index (Phi) is 5.22. The molecule has 1 amide bonds. The Balaban J connectivity index is 1.26. The van der Waals surface area contributed by atoms with Gasteiger partial charge in [-0.1, -0.05) is 30.3 Å². The molecule has 2 aromatic heterocycles. The van der Waals surface area contributed by atoms with Gasteiger partial charge in [-0.05, 0) is 49.2 Å². The van der Waals surface area contributed by atoms with Crippen LogP contribution in [0.2, 0.25) is 0 Å². The third-order valence-electron chi connectivity index (χ3n) is 5.39. The molecule has 0 N–H and O–H groups in total. The van der Waals surface area contributed by atoms with Gasteiger partial charge in [-0.3, -0.25) is 4.79 Å². The zero-order valence-corrected chi connectivity index (χ0v) is 16.8. The highest BCUT2D eigenvalue weighted by molar-refractivity contribution is 5.97. The minimum absolute atomic E-state index is 0.0354. The van der Waals surface area contributed by atoms with Crippen LogP contribution in [0.5, 0.6) is 11.5 Å². The van der Waals surface area contributed by atoms with E-state index in [1.54, 1.807) is 24.5 Å². The summed E-state index contributed by atoms with van der Waals surface area (Å²) in [5.41, 5.74) is 0.558. The molecule has 2 aromatic carbocycles. The van der Waals surface area contributed by atoms with E-state index >= 15 is 0 Å². The van der Waals surface area contributed by atoms with E-state index in [0.717, 1.165) is 12.8 Å². The quantitative estimate of drug-likeness (QED) is 0.449. The normalized spacial score (nSPS) is 14.5. The van der Waals surface area contributed by atoms with Gasteiger partial charge in [0.2, 0.25) is 5.89 Å². The number of nitrogens with zero attached hydrogens (tertiary/aromatic N) is 3. The molecule has 7 nitrogen and oxygen atoms in total. The summed E-state index contributed by atoms with van der Waals surface area (Å²) in [5, 5.41) is 8.26. The first-order valence-electron chi connectivity index (χ1n) is 10.3. The van der Waals surface area contributed by atoms with Gasteiger partial charge in [-0.2, -0.15) is 0 Å². The Hall–Kier alpha value is -3.87. The first kappa shape index (κ1) is 19.1. The van der Waals surface area contributed by atoms with Crippen LogP contribution in [0, 0.1) is 0 Å². The van der Waals surface area contributed by atoms with Gasteiger partial charge in [0.25, 0.3) is 11.8 Å². The largest absolute Gasteiger partial charge is 0.459 e.